The van der Waals surface area contributed by atoms with Crippen LogP contribution in [0.2, 0.25) is 0 Å². The maximum absolute atomic E-state index is 12.1. The number of carbonyl (C=O) groups excluding carboxylic acids is 1. The number of carbonyl (C=O) groups is 1. The van der Waals surface area contributed by atoms with E-state index in [1.807, 2.05) is 16.8 Å². The molecule has 2 atom stereocenters. The average molecular weight is 338 g/mol. The van der Waals surface area contributed by atoms with E-state index < -0.39 is 6.10 Å². The van der Waals surface area contributed by atoms with Crippen LogP contribution in [0.5, 0.6) is 0 Å². The number of nitrogens with one attached hydrogen (secondary N) is 2. The Morgan fingerprint density at radius 3 is 3.00 bits per heavy atom. The Hall–Kier alpha value is -1.11. The topological polar surface area (TPSA) is 70.6 Å². The molecular weight excluding hydrogens is 312 g/mol. The summed E-state index contributed by atoms with van der Waals surface area (Å²) in [4.78, 5) is 12.1. The van der Waals surface area contributed by atoms with Crippen LogP contribution in [-0.2, 0) is 4.74 Å². The lowest BCUT2D eigenvalue weighted by Crippen LogP contribution is -2.51. The van der Waals surface area contributed by atoms with Gasteiger partial charge in [0.05, 0.1) is 11.7 Å². The monoisotopic (exact) mass is 338 g/mol. The zero-order chi connectivity index (χ0) is 16.1. The second-order valence-corrected chi connectivity index (χ2v) is 7.49. The third-order valence-corrected chi connectivity index (χ3v) is 5.68. The number of aliphatic hydroxyl groups is 1. The van der Waals surface area contributed by atoms with Crippen LogP contribution in [-0.4, -0.2) is 35.9 Å². The molecule has 3 rings (SSSR count). The van der Waals surface area contributed by atoms with Gasteiger partial charge in [0.15, 0.2) is 0 Å². The van der Waals surface area contributed by atoms with Gasteiger partial charge in [0.25, 0.3) is 0 Å². The molecular formula is C17H26N2O3S. The van der Waals surface area contributed by atoms with Crippen LogP contribution in [0.25, 0.3) is 0 Å². The predicted molar refractivity (Wildman–Crippen MR) is 90.6 cm³/mol. The fraction of sp³-hybridized carbons (Fsp3) is 0.706. The van der Waals surface area contributed by atoms with Gasteiger partial charge in [-0.05, 0) is 48.1 Å². The highest BCUT2D eigenvalue weighted by molar-refractivity contribution is 7.07. The SMILES string of the molecule is O=C(NCC(O)c1ccsc1)NC1CCOC2(CCCCC2)C1. The zero-order valence-electron chi connectivity index (χ0n) is 13.4. The molecule has 2 unspecified atom stereocenters. The van der Waals surface area contributed by atoms with Gasteiger partial charge in [-0.2, -0.15) is 11.3 Å². The number of urea groups is 1. The lowest BCUT2D eigenvalue weighted by molar-refractivity contribution is -0.107. The molecule has 0 bridgehead atoms. The molecule has 0 aromatic carbocycles. The molecule has 1 aromatic heterocycles. The van der Waals surface area contributed by atoms with Crippen LogP contribution in [0.1, 0.15) is 56.6 Å². The van der Waals surface area contributed by atoms with Gasteiger partial charge in [0.1, 0.15) is 0 Å². The highest BCUT2D eigenvalue weighted by atomic mass is 32.1. The van der Waals surface area contributed by atoms with E-state index in [0.717, 1.165) is 37.9 Å². The Bertz CT molecular complexity index is 494. The lowest BCUT2D eigenvalue weighted by atomic mass is 9.78. The molecule has 1 saturated carbocycles. The molecule has 1 aromatic rings. The molecule has 0 radical (unpaired) electrons. The van der Waals surface area contributed by atoms with Crippen LogP contribution in [0.4, 0.5) is 4.79 Å². The van der Waals surface area contributed by atoms with Gasteiger partial charge >= 0.3 is 6.03 Å². The van der Waals surface area contributed by atoms with Crippen LogP contribution in [0.3, 0.4) is 0 Å². The second kappa shape index (κ2) is 7.64. The van der Waals surface area contributed by atoms with Crippen LogP contribution >= 0.6 is 11.3 Å². The first-order valence-corrected chi connectivity index (χ1v) is 9.50. The van der Waals surface area contributed by atoms with Gasteiger partial charge in [-0.3, -0.25) is 0 Å². The Morgan fingerprint density at radius 1 is 1.43 bits per heavy atom. The van der Waals surface area contributed by atoms with Gasteiger partial charge < -0.3 is 20.5 Å². The van der Waals surface area contributed by atoms with Crippen molar-refractivity contribution in [2.75, 3.05) is 13.2 Å². The Labute approximate surface area is 141 Å². The Kier molecular flexibility index (Phi) is 5.56. The largest absolute Gasteiger partial charge is 0.387 e. The van der Waals surface area contributed by atoms with Crippen molar-refractivity contribution in [2.24, 2.45) is 0 Å². The van der Waals surface area contributed by atoms with Crippen LogP contribution in [0, 0.1) is 0 Å². The average Bonchev–Trinajstić information content (AvgIpc) is 3.08. The summed E-state index contributed by atoms with van der Waals surface area (Å²) in [6, 6.07) is 1.84. The minimum atomic E-state index is -0.647. The second-order valence-electron chi connectivity index (χ2n) is 6.71. The molecule has 5 nitrogen and oxygen atoms in total. The zero-order valence-corrected chi connectivity index (χ0v) is 14.2. The summed E-state index contributed by atoms with van der Waals surface area (Å²) in [6.45, 7) is 0.958. The summed E-state index contributed by atoms with van der Waals surface area (Å²) in [5.74, 6) is 0. The summed E-state index contributed by atoms with van der Waals surface area (Å²) in [5.41, 5.74) is 0.840. The van der Waals surface area contributed by atoms with Crippen molar-refractivity contribution in [3.8, 4) is 0 Å². The van der Waals surface area contributed by atoms with Crippen molar-refractivity contribution in [1.29, 1.82) is 0 Å². The third kappa shape index (κ3) is 4.46. The van der Waals surface area contributed by atoms with E-state index in [9.17, 15) is 9.90 Å². The molecule has 2 aliphatic rings. The van der Waals surface area contributed by atoms with Crippen LogP contribution < -0.4 is 10.6 Å². The molecule has 2 fully saturated rings. The van der Waals surface area contributed by atoms with Gasteiger partial charge in [0.2, 0.25) is 0 Å². The number of hydrogen-bond donors (Lipinski definition) is 3. The third-order valence-electron chi connectivity index (χ3n) is 4.98. The van der Waals surface area contributed by atoms with E-state index in [-0.39, 0.29) is 24.2 Å². The number of thiophene rings is 1. The van der Waals surface area contributed by atoms with Crippen molar-refractivity contribution >= 4 is 17.4 Å². The summed E-state index contributed by atoms with van der Waals surface area (Å²) in [5, 5.41) is 19.7. The maximum atomic E-state index is 12.1. The molecule has 2 heterocycles. The molecule has 1 aliphatic heterocycles. The molecule has 1 aliphatic carbocycles. The molecule has 3 N–H and O–H groups in total. The van der Waals surface area contributed by atoms with Crippen molar-refractivity contribution in [3.63, 3.8) is 0 Å². The number of hydrogen-bond acceptors (Lipinski definition) is 4. The van der Waals surface area contributed by atoms with Gasteiger partial charge in [-0.15, -0.1) is 0 Å². The minimum absolute atomic E-state index is 0.00929. The standard InChI is InChI=1S/C17H26N2O3S/c20-15(13-5-9-23-12-13)11-18-16(21)19-14-4-8-22-17(10-14)6-2-1-3-7-17/h5,9,12,14-15,20H,1-4,6-8,10-11H2,(H2,18,19,21). The summed E-state index contributed by atoms with van der Waals surface area (Å²) >= 11 is 1.54. The number of ether oxygens (including phenoxy) is 1. The molecule has 1 saturated heterocycles. The minimum Gasteiger partial charge on any atom is -0.387 e. The van der Waals surface area contributed by atoms with Crippen molar-refractivity contribution in [1.82, 2.24) is 10.6 Å². The van der Waals surface area contributed by atoms with E-state index in [4.69, 9.17) is 4.74 Å². The van der Waals surface area contributed by atoms with E-state index in [1.54, 1.807) is 11.3 Å². The van der Waals surface area contributed by atoms with E-state index in [0.29, 0.717) is 0 Å². The van der Waals surface area contributed by atoms with Gasteiger partial charge in [-0.1, -0.05) is 19.3 Å². The fourth-order valence-corrected chi connectivity index (χ4v) is 4.41. The Balaban J connectivity index is 1.44. The van der Waals surface area contributed by atoms with Crippen LogP contribution in [0.15, 0.2) is 16.8 Å². The first-order valence-electron chi connectivity index (χ1n) is 8.55. The normalized spacial score (nSPS) is 25.0. The number of rotatable bonds is 4. The molecule has 128 valence electrons. The predicted octanol–water partition coefficient (Wildman–Crippen LogP) is 2.96. The molecule has 2 amide bonds. The fourth-order valence-electron chi connectivity index (χ4n) is 3.70. The summed E-state index contributed by atoms with van der Waals surface area (Å²) in [6.07, 6.45) is 7.11. The quantitative estimate of drug-likeness (QED) is 0.790. The summed E-state index contributed by atoms with van der Waals surface area (Å²) < 4.78 is 6.05. The maximum Gasteiger partial charge on any atom is 0.315 e. The van der Waals surface area contributed by atoms with Crippen molar-refractivity contribution in [3.05, 3.63) is 22.4 Å². The van der Waals surface area contributed by atoms with E-state index in [2.05, 4.69) is 10.6 Å². The van der Waals surface area contributed by atoms with E-state index >= 15 is 0 Å². The molecule has 1 spiro atoms. The highest BCUT2D eigenvalue weighted by Crippen LogP contribution is 2.38. The number of amides is 2. The smallest absolute Gasteiger partial charge is 0.315 e. The van der Waals surface area contributed by atoms with Crippen molar-refractivity contribution in [2.45, 2.75) is 62.7 Å². The lowest BCUT2D eigenvalue weighted by Gasteiger charge is -2.43. The Morgan fingerprint density at radius 2 is 2.26 bits per heavy atom. The van der Waals surface area contributed by atoms with Gasteiger partial charge in [-0.25, -0.2) is 4.79 Å². The molecule has 6 heteroatoms. The molecule has 23 heavy (non-hydrogen) atoms. The first-order chi connectivity index (χ1) is 11.2. The number of aliphatic hydroxyl groups excluding tert-OH is 1. The summed E-state index contributed by atoms with van der Waals surface area (Å²) in [7, 11) is 0. The van der Waals surface area contributed by atoms with Gasteiger partial charge in [0, 0.05) is 19.2 Å². The van der Waals surface area contributed by atoms with E-state index in [1.165, 1.54) is 19.3 Å². The van der Waals surface area contributed by atoms with Crippen molar-refractivity contribution < 1.29 is 14.6 Å². The highest BCUT2D eigenvalue weighted by Gasteiger charge is 2.38. The first kappa shape index (κ1) is 16.7.